The van der Waals surface area contributed by atoms with Crippen molar-refractivity contribution in [3.8, 4) is 5.75 Å². The van der Waals surface area contributed by atoms with Crippen molar-refractivity contribution in [2.75, 3.05) is 44.7 Å². The molecule has 2 aromatic carbocycles. The first-order valence-electron chi connectivity index (χ1n) is 9.43. The highest BCUT2D eigenvalue weighted by atomic mass is 19.2. The largest absolute Gasteiger partial charge is 0.497 e. The molecule has 0 aromatic heterocycles. The molecule has 1 fully saturated rings. The number of carbonyl (C=O) groups is 1. The molecule has 1 aliphatic heterocycles. The minimum absolute atomic E-state index is 0.0591. The fourth-order valence-corrected chi connectivity index (χ4v) is 3.35. The number of hydrogen-bond donors (Lipinski definition) is 1. The normalized spacial score (nSPS) is 15.4. The second-order valence-electron chi connectivity index (χ2n) is 6.97. The third kappa shape index (κ3) is 4.78. The molecule has 7 heteroatoms. The van der Waals surface area contributed by atoms with Gasteiger partial charge in [-0.3, -0.25) is 4.79 Å². The summed E-state index contributed by atoms with van der Waals surface area (Å²) in [6, 6.07) is 11.6. The summed E-state index contributed by atoms with van der Waals surface area (Å²) in [4.78, 5) is 16.6. The van der Waals surface area contributed by atoms with Crippen LogP contribution in [0.3, 0.4) is 0 Å². The van der Waals surface area contributed by atoms with E-state index in [1.54, 1.807) is 13.2 Å². The maximum absolute atomic E-state index is 13.4. The third-order valence-electron chi connectivity index (χ3n) is 5.19. The lowest BCUT2D eigenvalue weighted by Crippen LogP contribution is -2.87. The molecule has 0 spiro atoms. The summed E-state index contributed by atoms with van der Waals surface area (Å²) in [6.45, 7) is 5.04. The fraction of sp³-hybridized carbons (Fsp3) is 0.381. The zero-order valence-electron chi connectivity index (χ0n) is 16.2. The zero-order chi connectivity index (χ0) is 20.1. The molecule has 2 N–H and O–H groups in total. The number of benzene rings is 2. The van der Waals surface area contributed by atoms with Gasteiger partial charge in [-0.1, -0.05) is 0 Å². The Labute approximate surface area is 163 Å². The van der Waals surface area contributed by atoms with Crippen LogP contribution in [-0.2, 0) is 4.79 Å². The number of halogens is 2. The molecule has 1 heterocycles. The summed E-state index contributed by atoms with van der Waals surface area (Å²) >= 11 is 0. The van der Waals surface area contributed by atoms with Crippen LogP contribution < -0.4 is 15.0 Å². The maximum Gasteiger partial charge on any atom is 0.277 e. The molecule has 0 saturated carbocycles. The molecule has 1 atom stereocenters. The monoisotopic (exact) mass is 390 g/mol. The Morgan fingerprint density at radius 2 is 1.75 bits per heavy atom. The minimum atomic E-state index is -0.862. The standard InChI is InChI=1S/C21H25F2N3O2/c1-15(16-3-8-19(22)20(23)13-16)24-14-21(27)26-11-9-25(10-12-26)17-4-6-18(28-2)7-5-17/h3-8,13,15,24H,9-12,14H2,1-2H3/p+1/t15-/m1/s1. The van der Waals surface area contributed by atoms with Gasteiger partial charge < -0.3 is 19.9 Å². The van der Waals surface area contributed by atoms with Crippen LogP contribution in [0.2, 0.25) is 0 Å². The molecule has 0 unspecified atom stereocenters. The SMILES string of the molecule is COc1ccc(N2CCN(C(=O)C[NH2+][C@H](C)c3ccc(F)c(F)c3)CC2)cc1. The van der Waals surface area contributed by atoms with Gasteiger partial charge in [-0.25, -0.2) is 8.78 Å². The number of rotatable bonds is 6. The Bertz CT molecular complexity index is 806. The Hall–Kier alpha value is -2.67. The van der Waals surface area contributed by atoms with Gasteiger partial charge >= 0.3 is 0 Å². The number of ether oxygens (including phenoxy) is 1. The predicted octanol–water partition coefficient (Wildman–Crippen LogP) is 1.95. The first kappa shape index (κ1) is 20.1. The lowest BCUT2D eigenvalue weighted by Gasteiger charge is -2.36. The summed E-state index contributed by atoms with van der Waals surface area (Å²) in [7, 11) is 1.64. The molecule has 1 amide bonds. The highest BCUT2D eigenvalue weighted by Crippen LogP contribution is 2.20. The van der Waals surface area contributed by atoms with Crippen molar-refractivity contribution in [3.63, 3.8) is 0 Å². The lowest BCUT2D eigenvalue weighted by atomic mass is 10.1. The van der Waals surface area contributed by atoms with Crippen LogP contribution in [0, 0.1) is 11.6 Å². The number of anilines is 1. The van der Waals surface area contributed by atoms with Crippen molar-refractivity contribution in [2.24, 2.45) is 0 Å². The van der Waals surface area contributed by atoms with Gasteiger partial charge in [0, 0.05) is 37.4 Å². The Kier molecular flexibility index (Phi) is 6.46. The van der Waals surface area contributed by atoms with Gasteiger partial charge in [0.25, 0.3) is 5.91 Å². The first-order chi connectivity index (χ1) is 13.5. The van der Waals surface area contributed by atoms with Crippen LogP contribution in [-0.4, -0.2) is 50.6 Å². The van der Waals surface area contributed by atoms with Gasteiger partial charge in [0.1, 0.15) is 11.8 Å². The van der Waals surface area contributed by atoms with Crippen LogP contribution in [0.15, 0.2) is 42.5 Å². The van der Waals surface area contributed by atoms with E-state index in [1.807, 2.05) is 41.4 Å². The summed E-state index contributed by atoms with van der Waals surface area (Å²) in [6.07, 6.45) is 0. The van der Waals surface area contributed by atoms with Gasteiger partial charge in [-0.2, -0.15) is 0 Å². The van der Waals surface area contributed by atoms with Crippen LogP contribution in [0.5, 0.6) is 5.75 Å². The molecule has 28 heavy (non-hydrogen) atoms. The second kappa shape index (κ2) is 9.01. The van der Waals surface area contributed by atoms with E-state index in [0.717, 1.165) is 30.6 Å². The molecule has 0 radical (unpaired) electrons. The highest BCUT2D eigenvalue weighted by Gasteiger charge is 2.23. The minimum Gasteiger partial charge on any atom is -0.497 e. The first-order valence-corrected chi connectivity index (χ1v) is 9.43. The van der Waals surface area contributed by atoms with Gasteiger partial charge in [0.15, 0.2) is 18.2 Å². The number of methoxy groups -OCH3 is 1. The smallest absolute Gasteiger partial charge is 0.277 e. The second-order valence-corrected chi connectivity index (χ2v) is 6.97. The van der Waals surface area contributed by atoms with Gasteiger partial charge in [0.2, 0.25) is 0 Å². The molecule has 3 rings (SSSR count). The molecule has 0 aliphatic carbocycles. The topological polar surface area (TPSA) is 49.4 Å². The fourth-order valence-electron chi connectivity index (χ4n) is 3.35. The summed E-state index contributed by atoms with van der Waals surface area (Å²) < 4.78 is 31.6. The number of hydrogen-bond acceptors (Lipinski definition) is 3. The number of carbonyl (C=O) groups excluding carboxylic acids is 1. The molecule has 150 valence electrons. The van der Waals surface area contributed by atoms with E-state index in [9.17, 15) is 13.6 Å². The van der Waals surface area contributed by atoms with Gasteiger partial charge in [0.05, 0.1) is 7.11 Å². The van der Waals surface area contributed by atoms with Crippen molar-refractivity contribution >= 4 is 11.6 Å². The van der Waals surface area contributed by atoms with Crippen LogP contribution in [0.1, 0.15) is 18.5 Å². The Morgan fingerprint density at radius 3 is 2.36 bits per heavy atom. The summed E-state index contributed by atoms with van der Waals surface area (Å²) in [5, 5.41) is 1.85. The molecule has 1 saturated heterocycles. The van der Waals surface area contributed by atoms with Crippen LogP contribution >= 0.6 is 0 Å². The van der Waals surface area contributed by atoms with Crippen molar-refractivity contribution in [1.82, 2.24) is 4.90 Å². The van der Waals surface area contributed by atoms with Crippen molar-refractivity contribution in [1.29, 1.82) is 0 Å². The Balaban J connectivity index is 1.47. The van der Waals surface area contributed by atoms with Gasteiger partial charge in [-0.15, -0.1) is 0 Å². The summed E-state index contributed by atoms with van der Waals surface area (Å²) in [5.41, 5.74) is 1.78. The van der Waals surface area contributed by atoms with E-state index in [-0.39, 0.29) is 18.5 Å². The van der Waals surface area contributed by atoms with E-state index in [1.165, 1.54) is 6.07 Å². The van der Waals surface area contributed by atoms with Crippen LogP contribution in [0.4, 0.5) is 14.5 Å². The van der Waals surface area contributed by atoms with Crippen molar-refractivity contribution in [2.45, 2.75) is 13.0 Å². The van der Waals surface area contributed by atoms with Crippen molar-refractivity contribution < 1.29 is 23.6 Å². The average molecular weight is 390 g/mol. The van der Waals surface area contributed by atoms with Gasteiger partial charge in [-0.05, 0) is 49.4 Å². The quantitative estimate of drug-likeness (QED) is 0.820. The van der Waals surface area contributed by atoms with E-state index < -0.39 is 11.6 Å². The number of nitrogens with zero attached hydrogens (tertiary/aromatic N) is 2. The predicted molar refractivity (Wildman–Crippen MR) is 103 cm³/mol. The highest BCUT2D eigenvalue weighted by molar-refractivity contribution is 5.77. The van der Waals surface area contributed by atoms with E-state index in [0.29, 0.717) is 18.7 Å². The van der Waals surface area contributed by atoms with E-state index in [2.05, 4.69) is 4.90 Å². The molecule has 0 bridgehead atoms. The molecule has 5 nitrogen and oxygen atoms in total. The van der Waals surface area contributed by atoms with Crippen molar-refractivity contribution in [3.05, 3.63) is 59.7 Å². The van der Waals surface area contributed by atoms with Crippen LogP contribution in [0.25, 0.3) is 0 Å². The maximum atomic E-state index is 13.4. The third-order valence-corrected chi connectivity index (χ3v) is 5.19. The number of nitrogens with two attached hydrogens (primary N) is 1. The molecular formula is C21H26F2N3O2+. The number of amides is 1. The Morgan fingerprint density at radius 1 is 1.07 bits per heavy atom. The molecular weight excluding hydrogens is 364 g/mol. The number of quaternary nitrogens is 1. The van der Waals surface area contributed by atoms with E-state index >= 15 is 0 Å². The molecule has 2 aromatic rings. The zero-order valence-corrected chi connectivity index (χ0v) is 16.2. The lowest BCUT2D eigenvalue weighted by molar-refractivity contribution is -0.683. The summed E-state index contributed by atoms with van der Waals surface area (Å²) in [5.74, 6) is -0.840. The van der Waals surface area contributed by atoms with E-state index in [4.69, 9.17) is 4.74 Å². The molecule has 1 aliphatic rings. The number of piperazine rings is 1. The average Bonchev–Trinajstić information content (AvgIpc) is 2.74.